The first-order chi connectivity index (χ1) is 7.47. The van der Waals surface area contributed by atoms with Gasteiger partial charge in [-0.2, -0.15) is 8.42 Å². The topological polar surface area (TPSA) is 72.5 Å². The predicted octanol–water partition coefficient (Wildman–Crippen LogP) is 1.49. The number of hydrogen-bond donors (Lipinski definition) is 1. The molecule has 0 unspecified atom stereocenters. The average molecular weight is 265 g/mol. The van der Waals surface area contributed by atoms with Crippen molar-refractivity contribution in [1.82, 2.24) is 5.32 Å². The second kappa shape index (κ2) is 3.13. The van der Waals surface area contributed by atoms with Gasteiger partial charge in [-0.25, -0.2) is 4.79 Å². The van der Waals surface area contributed by atoms with Crippen LogP contribution in [0.1, 0.15) is 40.0 Å². The fourth-order valence-corrected chi connectivity index (χ4v) is 3.95. The van der Waals surface area contributed by atoms with Crippen LogP contribution in [0.15, 0.2) is 0 Å². The van der Waals surface area contributed by atoms with Gasteiger partial charge in [0.1, 0.15) is 10.3 Å². The Morgan fingerprint density at radius 3 is 2.12 bits per heavy atom. The summed E-state index contributed by atoms with van der Waals surface area (Å²) in [4.78, 5) is 11.5. The van der Waals surface area contributed by atoms with Crippen molar-refractivity contribution in [3.63, 3.8) is 0 Å². The van der Waals surface area contributed by atoms with Crippen LogP contribution >= 0.6 is 0 Å². The van der Waals surface area contributed by atoms with E-state index >= 15 is 0 Å². The molecule has 1 amide bonds. The lowest BCUT2D eigenvalue weighted by atomic mass is 9.49. The molecule has 17 heavy (non-hydrogen) atoms. The van der Waals surface area contributed by atoms with Gasteiger partial charge >= 0.3 is 16.3 Å². The summed E-state index contributed by atoms with van der Waals surface area (Å²) in [6.07, 6.45) is -0.129. The molecule has 0 heterocycles. The van der Waals surface area contributed by atoms with Crippen molar-refractivity contribution in [3.8, 4) is 0 Å². The summed E-state index contributed by atoms with van der Waals surface area (Å²) in [5, 5.41) is 2.62. The van der Waals surface area contributed by atoms with Gasteiger partial charge in [-0.1, -0.05) is 0 Å². The number of hydrogen-bond acceptors (Lipinski definition) is 4. The Labute approximate surface area is 99.9 Å². The molecule has 1 N–H and O–H groups in total. The van der Waals surface area contributed by atoms with Gasteiger partial charge in [0.2, 0.25) is 0 Å². The normalized spacial score (nSPS) is 35.5. The number of carbonyl (C=O) groups is 1. The number of alkyl carbamates (subject to hydrolysis) is 1. The number of carbonyl (C=O) groups excluding carboxylic acids is 1. The number of rotatable bonds is 2. The van der Waals surface area contributed by atoms with Crippen molar-refractivity contribution in [2.75, 3.05) is 0 Å². The van der Waals surface area contributed by atoms with Gasteiger partial charge in [0.05, 0.1) is 0 Å². The van der Waals surface area contributed by atoms with E-state index in [1.807, 2.05) is 0 Å². The van der Waals surface area contributed by atoms with E-state index in [-0.39, 0.29) is 19.3 Å². The Kier molecular flexibility index (Phi) is 2.32. The monoisotopic (exact) mass is 265 g/mol. The van der Waals surface area contributed by atoms with Crippen LogP contribution in [0.25, 0.3) is 0 Å². The lowest BCUT2D eigenvalue weighted by molar-refractivity contribution is -0.0373. The third kappa shape index (κ3) is 2.00. The molecule has 0 aromatic carbocycles. The van der Waals surface area contributed by atoms with Crippen LogP contribution in [-0.2, 0) is 15.0 Å². The minimum atomic E-state index is -4.50. The van der Waals surface area contributed by atoms with E-state index in [0.717, 1.165) is 0 Å². The second-order valence-electron chi connectivity index (χ2n) is 6.06. The minimum Gasteiger partial charge on any atom is -0.444 e. The first-order valence-corrected chi connectivity index (χ1v) is 6.81. The maximum Gasteiger partial charge on any atom is 0.408 e. The maximum absolute atomic E-state index is 12.9. The Hall–Kier alpha value is -0.850. The van der Waals surface area contributed by atoms with Crippen molar-refractivity contribution >= 4 is 16.3 Å². The van der Waals surface area contributed by atoms with Crippen LogP contribution in [0, 0.1) is 0 Å². The average Bonchev–Trinajstić information content (AvgIpc) is 1.86. The van der Waals surface area contributed by atoms with Crippen LogP contribution < -0.4 is 5.32 Å². The molecule has 0 atom stereocenters. The first-order valence-electron chi connectivity index (χ1n) is 5.43. The third-order valence-corrected chi connectivity index (χ3v) is 4.73. The van der Waals surface area contributed by atoms with Crippen molar-refractivity contribution in [1.29, 1.82) is 0 Å². The van der Waals surface area contributed by atoms with Crippen LogP contribution in [0.3, 0.4) is 0 Å². The Morgan fingerprint density at radius 1 is 1.29 bits per heavy atom. The lowest BCUT2D eigenvalue weighted by Crippen LogP contribution is -2.80. The van der Waals surface area contributed by atoms with Gasteiger partial charge in [-0.3, -0.25) is 0 Å². The molecule has 3 fully saturated rings. The highest BCUT2D eigenvalue weighted by molar-refractivity contribution is 7.88. The Bertz CT molecular complexity index is 445. The molecular weight excluding hydrogens is 249 g/mol. The lowest BCUT2D eigenvalue weighted by Gasteiger charge is -2.67. The van der Waals surface area contributed by atoms with Crippen molar-refractivity contribution in [3.05, 3.63) is 0 Å². The second-order valence-corrected chi connectivity index (χ2v) is 7.80. The fourth-order valence-electron chi connectivity index (χ4n) is 2.61. The van der Waals surface area contributed by atoms with E-state index in [1.165, 1.54) is 0 Å². The maximum atomic E-state index is 12.9. The molecule has 0 spiro atoms. The smallest absolute Gasteiger partial charge is 0.408 e. The summed E-state index contributed by atoms with van der Waals surface area (Å²) < 4.78 is 38.3. The summed E-state index contributed by atoms with van der Waals surface area (Å²) in [5.74, 6) is 0. The summed E-state index contributed by atoms with van der Waals surface area (Å²) >= 11 is 0. The summed E-state index contributed by atoms with van der Waals surface area (Å²) in [5.41, 5.74) is -1.17. The Balaban J connectivity index is 1.89. The van der Waals surface area contributed by atoms with E-state index < -0.39 is 32.2 Å². The quantitative estimate of drug-likeness (QED) is 0.768. The van der Waals surface area contributed by atoms with E-state index in [9.17, 15) is 17.1 Å². The zero-order chi connectivity index (χ0) is 13.1. The van der Waals surface area contributed by atoms with Crippen LogP contribution in [0.2, 0.25) is 0 Å². The van der Waals surface area contributed by atoms with Crippen molar-refractivity contribution in [2.45, 2.75) is 55.9 Å². The van der Waals surface area contributed by atoms with Crippen molar-refractivity contribution in [2.24, 2.45) is 0 Å². The molecule has 3 aliphatic rings. The molecule has 98 valence electrons. The van der Waals surface area contributed by atoms with E-state index in [0.29, 0.717) is 0 Å². The third-order valence-electron chi connectivity index (χ3n) is 3.26. The number of amides is 1. The van der Waals surface area contributed by atoms with Gasteiger partial charge < -0.3 is 10.1 Å². The summed E-state index contributed by atoms with van der Waals surface area (Å²) in [6, 6.07) is 0. The highest BCUT2D eigenvalue weighted by Gasteiger charge is 2.75. The minimum absolute atomic E-state index is 0.151. The highest BCUT2D eigenvalue weighted by atomic mass is 32.3. The summed E-state index contributed by atoms with van der Waals surface area (Å²) in [6.45, 7) is 5.21. The van der Waals surface area contributed by atoms with Gasteiger partial charge in [0.15, 0.2) is 0 Å². The zero-order valence-electron chi connectivity index (χ0n) is 10.0. The molecule has 5 nitrogen and oxygen atoms in total. The molecule has 3 aliphatic carbocycles. The van der Waals surface area contributed by atoms with Gasteiger partial charge in [-0.05, 0) is 40.0 Å². The molecule has 3 saturated carbocycles. The molecule has 0 radical (unpaired) electrons. The van der Waals surface area contributed by atoms with Gasteiger partial charge in [-0.15, -0.1) is 3.89 Å². The number of nitrogens with one attached hydrogen (secondary N) is 1. The molecule has 0 aliphatic heterocycles. The zero-order valence-corrected chi connectivity index (χ0v) is 10.9. The SMILES string of the molecule is CC(C)(C)OC(=O)NC12CC(S(=O)(=O)F)(C1)C2. The Morgan fingerprint density at radius 2 is 1.76 bits per heavy atom. The van der Waals surface area contributed by atoms with Crippen LogP contribution in [0.5, 0.6) is 0 Å². The first kappa shape index (κ1) is 12.6. The van der Waals surface area contributed by atoms with E-state index in [1.54, 1.807) is 20.8 Å². The highest BCUT2D eigenvalue weighted by Crippen LogP contribution is 2.65. The molecule has 0 aromatic heterocycles. The largest absolute Gasteiger partial charge is 0.444 e. The molecular formula is C10H16FNO4S. The van der Waals surface area contributed by atoms with Crippen LogP contribution in [0.4, 0.5) is 8.68 Å². The number of ether oxygens (including phenoxy) is 1. The number of halogens is 1. The van der Waals surface area contributed by atoms with Crippen LogP contribution in [-0.4, -0.2) is 30.4 Å². The van der Waals surface area contributed by atoms with Crippen molar-refractivity contribution < 1.29 is 21.8 Å². The molecule has 2 bridgehead atoms. The van der Waals surface area contributed by atoms with Gasteiger partial charge in [0.25, 0.3) is 0 Å². The van der Waals surface area contributed by atoms with E-state index in [2.05, 4.69) is 5.32 Å². The summed E-state index contributed by atoms with van der Waals surface area (Å²) in [7, 11) is -4.50. The standard InChI is InChI=1S/C10H16FNO4S/c1-8(2,3)16-7(13)12-9-4-10(5-9,6-9)17(11,14)15/h4-6H2,1-3H3,(H,12,13). The molecule has 3 rings (SSSR count). The molecule has 0 saturated heterocycles. The molecule has 7 heteroatoms. The molecule has 0 aromatic rings. The predicted molar refractivity (Wildman–Crippen MR) is 58.7 cm³/mol. The van der Waals surface area contributed by atoms with Gasteiger partial charge in [0, 0.05) is 5.54 Å². The fraction of sp³-hybridized carbons (Fsp3) is 0.900. The van der Waals surface area contributed by atoms with E-state index in [4.69, 9.17) is 4.74 Å².